The van der Waals surface area contributed by atoms with Gasteiger partial charge < -0.3 is 5.32 Å². The van der Waals surface area contributed by atoms with E-state index >= 15 is 0 Å². The van der Waals surface area contributed by atoms with Gasteiger partial charge >= 0.3 is 0 Å². The Morgan fingerprint density at radius 2 is 1.21 bits per heavy atom. The van der Waals surface area contributed by atoms with Gasteiger partial charge in [-0.25, -0.2) is 5.32 Å². The van der Waals surface area contributed by atoms with Crippen molar-refractivity contribution >= 4 is 0 Å². The van der Waals surface area contributed by atoms with E-state index in [0.717, 1.165) is 12.1 Å². The van der Waals surface area contributed by atoms with E-state index in [-0.39, 0.29) is 0 Å². The van der Waals surface area contributed by atoms with E-state index in [2.05, 4.69) is 5.32 Å². The highest BCUT2D eigenvalue weighted by Crippen LogP contribution is 2.29. The third kappa shape index (κ3) is 1.59. The van der Waals surface area contributed by atoms with Gasteiger partial charge in [-0.05, 0) is 25.7 Å². The van der Waals surface area contributed by atoms with Crippen LogP contribution in [-0.4, -0.2) is 24.2 Å². The van der Waals surface area contributed by atoms with Gasteiger partial charge in [-0.3, -0.25) is 0 Å². The predicted octanol–water partition coefficient (Wildman–Crippen LogP) is 1.82. The first-order chi connectivity index (χ1) is 6.93. The average molecular weight is 193 g/mol. The maximum absolute atomic E-state index is 5.06. The van der Waals surface area contributed by atoms with Crippen LogP contribution in [0, 0.1) is 0 Å². The second kappa shape index (κ2) is 3.82. The highest BCUT2D eigenvalue weighted by atomic mass is 15.2. The lowest BCUT2D eigenvalue weighted by atomic mass is 9.81. The topological polar surface area (TPSA) is 26.1 Å². The number of hydrogen-bond acceptors (Lipinski definition) is 1. The summed E-state index contributed by atoms with van der Waals surface area (Å²) < 4.78 is 0. The molecule has 14 heavy (non-hydrogen) atoms. The van der Waals surface area contributed by atoms with E-state index in [9.17, 15) is 0 Å². The smallest absolute Gasteiger partial charge is 0.0403 e. The van der Waals surface area contributed by atoms with Crippen molar-refractivity contribution in [3.05, 3.63) is 0 Å². The van der Waals surface area contributed by atoms with Crippen molar-refractivity contribution in [2.24, 2.45) is 0 Å². The van der Waals surface area contributed by atoms with Gasteiger partial charge in [-0.1, -0.05) is 25.7 Å². The Bertz CT molecular complexity index is 162. The summed E-state index contributed by atoms with van der Waals surface area (Å²) in [5.41, 5.74) is 0. The summed E-state index contributed by atoms with van der Waals surface area (Å²) in [6.07, 6.45) is 11.1. The van der Waals surface area contributed by atoms with E-state index in [1.807, 2.05) is 0 Å². The highest BCUT2D eigenvalue weighted by molar-refractivity contribution is 5.00. The Labute approximate surface area is 86.8 Å². The molecule has 2 aliphatic carbocycles. The molecule has 1 saturated heterocycles. The van der Waals surface area contributed by atoms with Crippen molar-refractivity contribution in [1.29, 1.82) is 0 Å². The van der Waals surface area contributed by atoms with Gasteiger partial charge in [-0.15, -0.1) is 0 Å². The Balaban J connectivity index is 1.68. The molecule has 0 aromatic heterocycles. The molecule has 2 saturated carbocycles. The summed E-state index contributed by atoms with van der Waals surface area (Å²) in [4.78, 5) is 0. The highest BCUT2D eigenvalue weighted by Gasteiger charge is 2.38. The van der Waals surface area contributed by atoms with Gasteiger partial charge in [0.2, 0.25) is 0 Å². The van der Waals surface area contributed by atoms with Gasteiger partial charge in [-0.2, -0.15) is 0 Å². The lowest BCUT2D eigenvalue weighted by Gasteiger charge is -2.46. The standard InChI is InChI=1S/C12H21N2/c1-2-6-10-9(5-1)13-11-7-3-4-8-12(11)14-10/h9-13H,1-8H2. The molecule has 4 atom stereocenters. The number of nitrogens with one attached hydrogen (secondary N) is 1. The minimum absolute atomic E-state index is 0.670. The molecule has 0 amide bonds. The Morgan fingerprint density at radius 3 is 1.79 bits per heavy atom. The van der Waals surface area contributed by atoms with Crippen molar-refractivity contribution in [3.63, 3.8) is 0 Å². The first kappa shape index (κ1) is 9.17. The minimum atomic E-state index is 0.670. The van der Waals surface area contributed by atoms with Crippen LogP contribution < -0.4 is 10.6 Å². The van der Waals surface area contributed by atoms with Crippen LogP contribution in [-0.2, 0) is 0 Å². The molecule has 3 aliphatic rings. The van der Waals surface area contributed by atoms with Gasteiger partial charge in [0.05, 0.1) is 0 Å². The zero-order chi connectivity index (χ0) is 9.38. The molecule has 0 spiro atoms. The number of nitrogens with zero attached hydrogens (tertiary/aromatic N) is 1. The number of fused-ring (bicyclic) bond motifs is 2. The average Bonchev–Trinajstić information content (AvgIpc) is 2.26. The lowest BCUT2D eigenvalue weighted by molar-refractivity contribution is 0.134. The van der Waals surface area contributed by atoms with E-state index in [1.165, 1.54) is 51.4 Å². The number of rotatable bonds is 0. The van der Waals surface area contributed by atoms with E-state index in [0.29, 0.717) is 12.1 Å². The quantitative estimate of drug-likeness (QED) is 0.624. The molecule has 79 valence electrons. The van der Waals surface area contributed by atoms with Crippen molar-refractivity contribution < 1.29 is 0 Å². The van der Waals surface area contributed by atoms with E-state index < -0.39 is 0 Å². The second-order valence-corrected chi connectivity index (χ2v) is 5.23. The molecule has 1 radical (unpaired) electrons. The third-order valence-electron chi connectivity index (χ3n) is 4.27. The van der Waals surface area contributed by atoms with Crippen LogP contribution in [0.4, 0.5) is 0 Å². The zero-order valence-corrected chi connectivity index (χ0v) is 8.91. The lowest BCUT2D eigenvalue weighted by Crippen LogP contribution is -2.64. The van der Waals surface area contributed by atoms with Crippen LogP contribution in [0.25, 0.3) is 0 Å². The Kier molecular flexibility index (Phi) is 2.50. The molecular weight excluding hydrogens is 172 g/mol. The molecule has 2 heteroatoms. The van der Waals surface area contributed by atoms with Crippen molar-refractivity contribution in [3.8, 4) is 0 Å². The third-order valence-corrected chi connectivity index (χ3v) is 4.27. The van der Waals surface area contributed by atoms with Gasteiger partial charge in [0, 0.05) is 24.2 Å². The molecule has 0 aromatic carbocycles. The molecule has 1 heterocycles. The van der Waals surface area contributed by atoms with Gasteiger partial charge in [0.15, 0.2) is 0 Å². The van der Waals surface area contributed by atoms with Crippen molar-refractivity contribution in [2.45, 2.75) is 75.5 Å². The van der Waals surface area contributed by atoms with Crippen molar-refractivity contribution in [2.75, 3.05) is 0 Å². The molecule has 2 nitrogen and oxygen atoms in total. The van der Waals surface area contributed by atoms with Crippen LogP contribution in [0.5, 0.6) is 0 Å². The summed E-state index contributed by atoms with van der Waals surface area (Å²) in [5, 5.41) is 8.93. The van der Waals surface area contributed by atoms with Gasteiger partial charge in [0.25, 0.3) is 0 Å². The zero-order valence-electron chi connectivity index (χ0n) is 8.91. The molecule has 1 aliphatic heterocycles. The summed E-state index contributed by atoms with van der Waals surface area (Å²) in [7, 11) is 0. The molecule has 0 aromatic rings. The fraction of sp³-hybridized carbons (Fsp3) is 1.00. The van der Waals surface area contributed by atoms with Crippen LogP contribution >= 0.6 is 0 Å². The fourth-order valence-corrected chi connectivity index (χ4v) is 3.49. The molecule has 3 rings (SSSR count). The second-order valence-electron chi connectivity index (χ2n) is 5.23. The molecule has 4 unspecified atom stereocenters. The molecular formula is C12H21N2. The first-order valence-corrected chi connectivity index (χ1v) is 6.39. The van der Waals surface area contributed by atoms with E-state index in [1.54, 1.807) is 0 Å². The Morgan fingerprint density at radius 1 is 0.714 bits per heavy atom. The van der Waals surface area contributed by atoms with Crippen LogP contribution in [0.3, 0.4) is 0 Å². The number of piperazine rings is 1. The minimum Gasteiger partial charge on any atom is -0.308 e. The summed E-state index contributed by atoms with van der Waals surface area (Å²) in [5.74, 6) is 0. The number of hydrogen-bond donors (Lipinski definition) is 1. The summed E-state index contributed by atoms with van der Waals surface area (Å²) >= 11 is 0. The van der Waals surface area contributed by atoms with Crippen LogP contribution in [0.1, 0.15) is 51.4 Å². The monoisotopic (exact) mass is 193 g/mol. The SMILES string of the molecule is C1CCC2NC3CCCCC3[N]C2C1. The van der Waals surface area contributed by atoms with Gasteiger partial charge in [0.1, 0.15) is 0 Å². The molecule has 1 N–H and O–H groups in total. The maximum Gasteiger partial charge on any atom is 0.0403 e. The Hall–Kier alpha value is -0.0800. The fourth-order valence-electron chi connectivity index (χ4n) is 3.49. The van der Waals surface area contributed by atoms with E-state index in [4.69, 9.17) is 5.32 Å². The van der Waals surface area contributed by atoms with Crippen LogP contribution in [0.2, 0.25) is 0 Å². The summed E-state index contributed by atoms with van der Waals surface area (Å²) in [6, 6.07) is 2.82. The summed E-state index contributed by atoms with van der Waals surface area (Å²) in [6.45, 7) is 0. The van der Waals surface area contributed by atoms with Crippen molar-refractivity contribution in [1.82, 2.24) is 10.6 Å². The normalized spacial score (nSPS) is 48.0. The first-order valence-electron chi connectivity index (χ1n) is 6.39. The maximum atomic E-state index is 5.06. The molecule has 3 fully saturated rings. The predicted molar refractivity (Wildman–Crippen MR) is 57.4 cm³/mol. The van der Waals surface area contributed by atoms with Crippen LogP contribution in [0.15, 0.2) is 0 Å². The largest absolute Gasteiger partial charge is 0.308 e. The molecule has 0 bridgehead atoms.